The average molecular weight is 381 g/mol. The minimum atomic E-state index is -0.315. The fourth-order valence-corrected chi connectivity index (χ4v) is 2.88. The van der Waals surface area contributed by atoms with E-state index in [2.05, 4.69) is 15.3 Å². The maximum absolute atomic E-state index is 12.9. The van der Waals surface area contributed by atoms with Crippen LogP contribution in [0.15, 0.2) is 59.9 Å². The molecule has 0 atom stereocenters. The first-order valence-electron chi connectivity index (χ1n) is 8.16. The Balaban J connectivity index is 1.98. The van der Waals surface area contributed by atoms with Gasteiger partial charge < -0.3 is 14.8 Å². The van der Waals surface area contributed by atoms with Gasteiger partial charge in [-0.1, -0.05) is 42.1 Å². The Morgan fingerprint density at radius 3 is 2.52 bits per heavy atom. The Morgan fingerprint density at radius 2 is 1.85 bits per heavy atom. The molecule has 1 aromatic heterocycles. The number of hydrogen-bond donors (Lipinski definition) is 1. The van der Waals surface area contributed by atoms with Crippen molar-refractivity contribution < 1.29 is 14.3 Å². The molecule has 2 aromatic carbocycles. The zero-order valence-electron chi connectivity index (χ0n) is 15.2. The predicted octanol–water partition coefficient (Wildman–Crippen LogP) is 4.14. The van der Waals surface area contributed by atoms with Gasteiger partial charge in [-0.15, -0.1) is 0 Å². The van der Waals surface area contributed by atoms with Crippen molar-refractivity contribution in [1.29, 1.82) is 0 Å². The molecule has 1 heterocycles. The number of anilines is 1. The fourth-order valence-electron chi connectivity index (χ4n) is 2.54. The molecule has 3 rings (SSSR count). The maximum Gasteiger partial charge on any atom is 0.259 e. The van der Waals surface area contributed by atoms with Crippen LogP contribution in [0.3, 0.4) is 0 Å². The predicted molar refractivity (Wildman–Crippen MR) is 107 cm³/mol. The first-order valence-corrected chi connectivity index (χ1v) is 9.38. The molecule has 0 bridgehead atoms. The molecule has 7 heteroatoms. The molecule has 0 fully saturated rings. The van der Waals surface area contributed by atoms with Crippen molar-refractivity contribution in [2.24, 2.45) is 0 Å². The normalized spacial score (nSPS) is 10.3. The first-order chi connectivity index (χ1) is 13.2. The number of ether oxygens (including phenoxy) is 2. The highest BCUT2D eigenvalue weighted by Crippen LogP contribution is 2.30. The molecule has 0 unspecified atom stereocenters. The van der Waals surface area contributed by atoms with E-state index in [9.17, 15) is 4.79 Å². The zero-order chi connectivity index (χ0) is 19.2. The molecule has 0 aliphatic carbocycles. The number of benzene rings is 2. The van der Waals surface area contributed by atoms with E-state index in [1.165, 1.54) is 18.9 Å². The van der Waals surface area contributed by atoms with Crippen molar-refractivity contribution in [3.05, 3.63) is 60.3 Å². The smallest absolute Gasteiger partial charge is 0.259 e. The van der Waals surface area contributed by atoms with Crippen molar-refractivity contribution in [2.75, 3.05) is 25.8 Å². The van der Waals surface area contributed by atoms with Gasteiger partial charge in [-0.2, -0.15) is 0 Å². The number of carbonyl (C=O) groups is 1. The van der Waals surface area contributed by atoms with Crippen LogP contribution < -0.4 is 14.8 Å². The molecule has 3 aromatic rings. The van der Waals surface area contributed by atoms with E-state index < -0.39 is 0 Å². The molecule has 138 valence electrons. The van der Waals surface area contributed by atoms with E-state index in [4.69, 9.17) is 9.47 Å². The summed E-state index contributed by atoms with van der Waals surface area (Å²) >= 11 is 1.42. The Bertz CT molecular complexity index is 948. The first kappa shape index (κ1) is 18.7. The van der Waals surface area contributed by atoms with Crippen LogP contribution in [-0.2, 0) is 0 Å². The lowest BCUT2D eigenvalue weighted by Crippen LogP contribution is -2.15. The van der Waals surface area contributed by atoms with Crippen molar-refractivity contribution in [3.8, 4) is 22.8 Å². The second-order valence-corrected chi connectivity index (χ2v) is 6.28. The molecular weight excluding hydrogens is 362 g/mol. The second kappa shape index (κ2) is 8.55. The maximum atomic E-state index is 12.9. The standard InChI is InChI=1S/C20H19N3O3S/c1-25-14-9-10-16(17(11-14)26-2)22-19(24)15-12-21-20(27-3)23-18(15)13-7-5-4-6-8-13/h4-12H,1-3H3,(H,22,24). The minimum absolute atomic E-state index is 0.315. The molecule has 0 saturated heterocycles. The molecule has 0 aliphatic heterocycles. The van der Waals surface area contributed by atoms with Crippen molar-refractivity contribution >= 4 is 23.4 Å². The Morgan fingerprint density at radius 1 is 1.07 bits per heavy atom. The van der Waals surface area contributed by atoms with Crippen LogP contribution in [0.5, 0.6) is 11.5 Å². The Kier molecular flexibility index (Phi) is 5.93. The SMILES string of the molecule is COc1ccc(NC(=O)c2cnc(SC)nc2-c2ccccc2)c(OC)c1. The summed E-state index contributed by atoms with van der Waals surface area (Å²) in [6.07, 6.45) is 3.44. The number of thioether (sulfide) groups is 1. The van der Waals surface area contributed by atoms with E-state index in [-0.39, 0.29) is 5.91 Å². The largest absolute Gasteiger partial charge is 0.497 e. The van der Waals surface area contributed by atoms with Gasteiger partial charge in [0.25, 0.3) is 5.91 Å². The average Bonchev–Trinajstić information content (AvgIpc) is 2.74. The highest BCUT2D eigenvalue weighted by molar-refractivity contribution is 7.98. The molecule has 0 spiro atoms. The Labute approximate surface area is 162 Å². The van der Waals surface area contributed by atoms with Crippen molar-refractivity contribution in [3.63, 3.8) is 0 Å². The van der Waals surface area contributed by atoms with Crippen LogP contribution in [0, 0.1) is 0 Å². The van der Waals surface area contributed by atoms with Crippen molar-refractivity contribution in [2.45, 2.75) is 5.16 Å². The topological polar surface area (TPSA) is 73.3 Å². The third kappa shape index (κ3) is 4.20. The van der Waals surface area contributed by atoms with Gasteiger partial charge in [-0.25, -0.2) is 9.97 Å². The monoisotopic (exact) mass is 381 g/mol. The summed E-state index contributed by atoms with van der Waals surface area (Å²) in [4.78, 5) is 21.7. The lowest BCUT2D eigenvalue weighted by molar-refractivity contribution is 0.102. The van der Waals surface area contributed by atoms with Gasteiger partial charge >= 0.3 is 0 Å². The summed E-state index contributed by atoms with van der Waals surface area (Å²) in [7, 11) is 3.11. The van der Waals surface area contributed by atoms with E-state index in [1.807, 2.05) is 36.6 Å². The van der Waals surface area contributed by atoms with E-state index in [1.54, 1.807) is 31.5 Å². The highest BCUT2D eigenvalue weighted by atomic mass is 32.2. The summed E-state index contributed by atoms with van der Waals surface area (Å²) in [5, 5.41) is 3.47. The van der Waals surface area contributed by atoms with E-state index in [0.717, 1.165) is 5.56 Å². The number of nitrogens with zero attached hydrogens (tertiary/aromatic N) is 2. The van der Waals surface area contributed by atoms with Gasteiger partial charge in [0.2, 0.25) is 0 Å². The summed E-state index contributed by atoms with van der Waals surface area (Å²) in [6.45, 7) is 0. The molecule has 0 saturated carbocycles. The zero-order valence-corrected chi connectivity index (χ0v) is 16.0. The third-order valence-electron chi connectivity index (χ3n) is 3.90. The minimum Gasteiger partial charge on any atom is -0.497 e. The van der Waals surface area contributed by atoms with E-state index in [0.29, 0.717) is 33.6 Å². The lowest BCUT2D eigenvalue weighted by Gasteiger charge is -2.13. The Hall–Kier alpha value is -3.06. The van der Waals surface area contributed by atoms with Crippen LogP contribution in [0.1, 0.15) is 10.4 Å². The lowest BCUT2D eigenvalue weighted by atomic mass is 10.1. The summed E-state index contributed by atoms with van der Waals surface area (Å²) in [5.41, 5.74) is 2.36. The molecule has 0 aliphatic rings. The molecule has 6 nitrogen and oxygen atoms in total. The molecule has 0 radical (unpaired) electrons. The van der Waals surface area contributed by atoms with Gasteiger partial charge in [-0.05, 0) is 18.4 Å². The fraction of sp³-hybridized carbons (Fsp3) is 0.150. The number of aromatic nitrogens is 2. The summed E-state index contributed by atoms with van der Waals surface area (Å²) in [6, 6.07) is 14.8. The van der Waals surface area contributed by atoms with Crippen LogP contribution in [0.25, 0.3) is 11.3 Å². The molecule has 1 amide bonds. The van der Waals surface area contributed by atoms with E-state index >= 15 is 0 Å². The molecular formula is C20H19N3O3S. The number of methoxy groups -OCH3 is 2. The van der Waals surface area contributed by atoms with Crippen LogP contribution in [-0.4, -0.2) is 36.4 Å². The number of carbonyl (C=O) groups excluding carboxylic acids is 1. The number of hydrogen-bond acceptors (Lipinski definition) is 6. The third-order valence-corrected chi connectivity index (χ3v) is 4.46. The van der Waals surface area contributed by atoms with Crippen LogP contribution in [0.4, 0.5) is 5.69 Å². The van der Waals surface area contributed by atoms with Gasteiger partial charge in [0.05, 0.1) is 31.2 Å². The molecule has 27 heavy (non-hydrogen) atoms. The number of rotatable bonds is 6. The van der Waals surface area contributed by atoms with Gasteiger partial charge in [0, 0.05) is 17.8 Å². The summed E-state index contributed by atoms with van der Waals surface area (Å²) in [5.74, 6) is 0.832. The van der Waals surface area contributed by atoms with Gasteiger partial charge in [0.1, 0.15) is 11.5 Å². The molecule has 1 N–H and O–H groups in total. The highest BCUT2D eigenvalue weighted by Gasteiger charge is 2.18. The van der Waals surface area contributed by atoms with Crippen molar-refractivity contribution in [1.82, 2.24) is 9.97 Å². The quantitative estimate of drug-likeness (QED) is 0.511. The number of amides is 1. The van der Waals surface area contributed by atoms with Crippen LogP contribution >= 0.6 is 11.8 Å². The van der Waals surface area contributed by atoms with Gasteiger partial charge in [-0.3, -0.25) is 4.79 Å². The van der Waals surface area contributed by atoms with Gasteiger partial charge in [0.15, 0.2) is 5.16 Å². The summed E-state index contributed by atoms with van der Waals surface area (Å²) < 4.78 is 10.5. The van der Waals surface area contributed by atoms with Crippen LogP contribution in [0.2, 0.25) is 0 Å². The number of nitrogens with one attached hydrogen (secondary N) is 1. The second-order valence-electron chi connectivity index (χ2n) is 5.51.